The normalized spacial score (nSPS) is 11.2. The third kappa shape index (κ3) is 5.28. The molecule has 4 nitrogen and oxygen atoms in total. The quantitative estimate of drug-likeness (QED) is 0.241. The first kappa shape index (κ1) is 23.1. The van der Waals surface area contributed by atoms with Gasteiger partial charge in [-0.15, -0.1) is 0 Å². The van der Waals surface area contributed by atoms with E-state index in [9.17, 15) is 10.1 Å². The lowest BCUT2D eigenvalue weighted by molar-refractivity contribution is -0.112. The van der Waals surface area contributed by atoms with Gasteiger partial charge in [-0.05, 0) is 54.5 Å². The number of nitrogens with zero attached hydrogens (tertiary/aromatic N) is 1. The van der Waals surface area contributed by atoms with Crippen molar-refractivity contribution in [3.05, 3.63) is 112 Å². The zero-order chi connectivity index (χ0) is 24.1. The minimum Gasteiger partial charge on any atom is -0.488 e. The van der Waals surface area contributed by atoms with Crippen LogP contribution in [0.1, 0.15) is 22.3 Å². The number of benzene rings is 4. The van der Waals surface area contributed by atoms with E-state index in [1.807, 2.05) is 42.5 Å². The van der Waals surface area contributed by atoms with Crippen molar-refractivity contribution < 1.29 is 9.53 Å². The van der Waals surface area contributed by atoms with Gasteiger partial charge in [0.15, 0.2) is 0 Å². The van der Waals surface area contributed by atoms with Crippen molar-refractivity contribution in [3.63, 3.8) is 0 Å². The number of ether oxygens (including phenoxy) is 1. The molecule has 0 aliphatic heterocycles. The molecule has 0 aliphatic rings. The molecule has 0 aliphatic carbocycles. The van der Waals surface area contributed by atoms with Crippen LogP contribution in [0.25, 0.3) is 16.8 Å². The number of anilines is 1. The predicted octanol–water partition coefficient (Wildman–Crippen LogP) is 7.23. The van der Waals surface area contributed by atoms with E-state index in [2.05, 4.69) is 37.4 Å². The van der Waals surface area contributed by atoms with Crippen molar-refractivity contribution >= 4 is 40.0 Å². The minimum atomic E-state index is -0.538. The topological polar surface area (TPSA) is 62.1 Å². The third-order valence-electron chi connectivity index (χ3n) is 5.38. The highest BCUT2D eigenvalue weighted by atomic mass is 35.5. The van der Waals surface area contributed by atoms with Gasteiger partial charge in [-0.3, -0.25) is 4.79 Å². The molecule has 34 heavy (non-hydrogen) atoms. The van der Waals surface area contributed by atoms with Crippen LogP contribution in [0.3, 0.4) is 0 Å². The standard InChI is InChI=1S/C29H23ClN2O2/c1-19-13-20(2)15-21(14-19)18-34-28-12-11-22-7-3-4-8-24(22)25(28)16-23(17-31)29(33)32-27-10-6-5-9-26(27)30/h3-16H,18H2,1-2H3,(H,32,33)/b23-16+. The van der Waals surface area contributed by atoms with Gasteiger partial charge in [0.2, 0.25) is 0 Å². The van der Waals surface area contributed by atoms with E-state index in [1.165, 1.54) is 11.1 Å². The summed E-state index contributed by atoms with van der Waals surface area (Å²) in [5.41, 5.74) is 4.46. The van der Waals surface area contributed by atoms with Gasteiger partial charge in [-0.2, -0.15) is 5.26 Å². The lowest BCUT2D eigenvalue weighted by atomic mass is 10.0. The van der Waals surface area contributed by atoms with Crippen molar-refractivity contribution in [2.45, 2.75) is 20.5 Å². The number of hydrogen-bond acceptors (Lipinski definition) is 3. The minimum absolute atomic E-state index is 0.0486. The molecule has 5 heteroatoms. The Labute approximate surface area is 204 Å². The molecule has 0 saturated carbocycles. The SMILES string of the molecule is Cc1cc(C)cc(COc2ccc3ccccc3c2/C=C(\C#N)C(=O)Nc2ccccc2Cl)c1. The van der Waals surface area contributed by atoms with Crippen LogP contribution in [0, 0.1) is 25.2 Å². The second kappa shape index (κ2) is 10.2. The Kier molecular flexibility index (Phi) is 6.96. The largest absolute Gasteiger partial charge is 0.488 e. The van der Waals surface area contributed by atoms with E-state index in [-0.39, 0.29) is 5.57 Å². The number of nitrogens with one attached hydrogen (secondary N) is 1. The molecule has 0 fully saturated rings. The van der Waals surface area contributed by atoms with Crippen LogP contribution >= 0.6 is 11.6 Å². The number of hydrogen-bond donors (Lipinski definition) is 1. The first-order valence-corrected chi connectivity index (χ1v) is 11.2. The lowest BCUT2D eigenvalue weighted by Crippen LogP contribution is -2.13. The Morgan fingerprint density at radius 1 is 1.00 bits per heavy atom. The molecule has 0 radical (unpaired) electrons. The number of carbonyl (C=O) groups is 1. The highest BCUT2D eigenvalue weighted by Crippen LogP contribution is 2.31. The fourth-order valence-electron chi connectivity index (χ4n) is 3.91. The number of aryl methyl sites for hydroxylation is 2. The molecule has 0 heterocycles. The van der Waals surface area contributed by atoms with Crippen molar-refractivity contribution in [1.29, 1.82) is 5.26 Å². The summed E-state index contributed by atoms with van der Waals surface area (Å²) < 4.78 is 6.20. The Balaban J connectivity index is 1.71. The summed E-state index contributed by atoms with van der Waals surface area (Å²) >= 11 is 6.16. The third-order valence-corrected chi connectivity index (χ3v) is 5.71. The van der Waals surface area contributed by atoms with Crippen LogP contribution in [0.15, 0.2) is 84.4 Å². The summed E-state index contributed by atoms with van der Waals surface area (Å²) in [6, 6.07) is 26.8. The van der Waals surface area contributed by atoms with E-state index in [4.69, 9.17) is 16.3 Å². The summed E-state index contributed by atoms with van der Waals surface area (Å²) in [5.74, 6) is 0.0555. The van der Waals surface area contributed by atoms with Crippen LogP contribution in [0.2, 0.25) is 5.02 Å². The molecule has 168 valence electrons. The molecule has 1 amide bonds. The van der Waals surface area contributed by atoms with Gasteiger partial charge in [-0.1, -0.05) is 83.4 Å². The van der Waals surface area contributed by atoms with Crippen molar-refractivity contribution in [2.75, 3.05) is 5.32 Å². The fourth-order valence-corrected chi connectivity index (χ4v) is 4.09. The maximum absolute atomic E-state index is 12.9. The second-order valence-electron chi connectivity index (χ2n) is 8.09. The summed E-state index contributed by atoms with van der Waals surface area (Å²) in [7, 11) is 0. The number of carbonyl (C=O) groups excluding carboxylic acids is 1. The smallest absolute Gasteiger partial charge is 0.266 e. The number of rotatable bonds is 6. The molecule has 4 aromatic rings. The molecule has 0 aromatic heterocycles. The molecule has 4 rings (SSSR count). The summed E-state index contributed by atoms with van der Waals surface area (Å²) in [4.78, 5) is 12.9. The van der Waals surface area contributed by atoms with Gasteiger partial charge in [0.25, 0.3) is 5.91 Å². The highest BCUT2D eigenvalue weighted by molar-refractivity contribution is 6.34. The van der Waals surface area contributed by atoms with Gasteiger partial charge < -0.3 is 10.1 Å². The summed E-state index contributed by atoms with van der Waals surface area (Å²) in [6.45, 7) is 4.48. The fraction of sp³-hybridized carbons (Fsp3) is 0.103. The Bertz CT molecular complexity index is 1430. The maximum Gasteiger partial charge on any atom is 0.266 e. The average Bonchev–Trinajstić information content (AvgIpc) is 2.82. The van der Waals surface area contributed by atoms with Gasteiger partial charge in [0.1, 0.15) is 24.0 Å². The molecule has 0 atom stereocenters. The highest BCUT2D eigenvalue weighted by Gasteiger charge is 2.15. The van der Waals surface area contributed by atoms with Crippen LogP contribution in [0.4, 0.5) is 5.69 Å². The second-order valence-corrected chi connectivity index (χ2v) is 8.49. The number of halogens is 1. The Morgan fingerprint density at radius 2 is 1.71 bits per heavy atom. The zero-order valence-electron chi connectivity index (χ0n) is 18.9. The maximum atomic E-state index is 12.9. The van der Waals surface area contributed by atoms with Gasteiger partial charge in [0, 0.05) is 5.56 Å². The van der Waals surface area contributed by atoms with E-state index in [0.29, 0.717) is 28.6 Å². The first-order chi connectivity index (χ1) is 16.4. The average molecular weight is 467 g/mol. The number of amides is 1. The lowest BCUT2D eigenvalue weighted by Gasteiger charge is -2.14. The first-order valence-electron chi connectivity index (χ1n) is 10.8. The van der Waals surface area contributed by atoms with Crippen LogP contribution in [-0.2, 0) is 11.4 Å². The Morgan fingerprint density at radius 3 is 2.44 bits per heavy atom. The van der Waals surface area contributed by atoms with E-state index >= 15 is 0 Å². The summed E-state index contributed by atoms with van der Waals surface area (Å²) in [6.07, 6.45) is 1.57. The molecule has 0 spiro atoms. The van der Waals surface area contributed by atoms with Crippen LogP contribution in [-0.4, -0.2) is 5.91 Å². The molecule has 4 aromatic carbocycles. The van der Waals surface area contributed by atoms with Gasteiger partial charge in [0.05, 0.1) is 10.7 Å². The van der Waals surface area contributed by atoms with E-state index < -0.39 is 5.91 Å². The van der Waals surface area contributed by atoms with E-state index in [0.717, 1.165) is 16.3 Å². The van der Waals surface area contributed by atoms with Crippen molar-refractivity contribution in [2.24, 2.45) is 0 Å². The number of para-hydroxylation sites is 1. The Hall–Kier alpha value is -4.07. The molecule has 0 bridgehead atoms. The molecule has 0 saturated heterocycles. The molecule has 1 N–H and O–H groups in total. The monoisotopic (exact) mass is 466 g/mol. The van der Waals surface area contributed by atoms with Crippen LogP contribution in [0.5, 0.6) is 5.75 Å². The van der Waals surface area contributed by atoms with Crippen molar-refractivity contribution in [1.82, 2.24) is 0 Å². The predicted molar refractivity (Wildman–Crippen MR) is 138 cm³/mol. The van der Waals surface area contributed by atoms with Crippen molar-refractivity contribution in [3.8, 4) is 11.8 Å². The van der Waals surface area contributed by atoms with Gasteiger partial charge >= 0.3 is 0 Å². The van der Waals surface area contributed by atoms with E-state index in [1.54, 1.807) is 30.3 Å². The molecule has 0 unspecified atom stereocenters. The van der Waals surface area contributed by atoms with Gasteiger partial charge in [-0.25, -0.2) is 0 Å². The molecular formula is C29H23ClN2O2. The van der Waals surface area contributed by atoms with Crippen LogP contribution < -0.4 is 10.1 Å². The number of nitriles is 1. The summed E-state index contributed by atoms with van der Waals surface area (Å²) in [5, 5.41) is 14.8. The zero-order valence-corrected chi connectivity index (χ0v) is 19.7. The molecular weight excluding hydrogens is 444 g/mol. The number of fused-ring (bicyclic) bond motifs is 1.